The third kappa shape index (κ3) is 2.84. The van der Waals surface area contributed by atoms with Gasteiger partial charge in [-0.05, 0) is 28.1 Å². The van der Waals surface area contributed by atoms with E-state index < -0.39 is 0 Å². The van der Waals surface area contributed by atoms with E-state index in [1.165, 1.54) is 6.20 Å². The van der Waals surface area contributed by atoms with Crippen molar-refractivity contribution >= 4 is 21.8 Å². The predicted molar refractivity (Wildman–Crippen MR) is 49.9 cm³/mol. The van der Waals surface area contributed by atoms with Gasteiger partial charge in [-0.25, -0.2) is 4.98 Å². The number of nitrogens with one attached hydrogen (secondary N) is 1. The number of pyridine rings is 1. The Kier molecular flexibility index (Phi) is 3.41. The molecule has 0 aromatic carbocycles. The molecule has 1 amide bonds. The van der Waals surface area contributed by atoms with E-state index in [2.05, 4.69) is 26.2 Å². The first-order chi connectivity index (χ1) is 6.24. The van der Waals surface area contributed by atoms with Crippen LogP contribution in [0.2, 0.25) is 0 Å². The van der Waals surface area contributed by atoms with E-state index in [0.717, 1.165) is 0 Å². The summed E-state index contributed by atoms with van der Waals surface area (Å²) >= 11 is 3.14. The van der Waals surface area contributed by atoms with Crippen molar-refractivity contribution in [2.75, 3.05) is 6.54 Å². The lowest BCUT2D eigenvalue weighted by Crippen LogP contribution is -2.23. The van der Waals surface area contributed by atoms with Crippen LogP contribution in [0.15, 0.2) is 22.9 Å². The average molecular weight is 240 g/mol. The molecule has 0 radical (unpaired) electrons. The van der Waals surface area contributed by atoms with Gasteiger partial charge in [-0.15, -0.1) is 0 Å². The highest BCUT2D eigenvalue weighted by Gasteiger charge is 2.04. The molecule has 1 heterocycles. The molecule has 1 aromatic rings. The predicted octanol–water partition coefficient (Wildman–Crippen LogP) is 1.10. The molecule has 5 heteroatoms. The van der Waals surface area contributed by atoms with Crippen molar-refractivity contribution in [1.82, 2.24) is 10.3 Å². The quantitative estimate of drug-likeness (QED) is 0.621. The molecule has 0 aliphatic heterocycles. The van der Waals surface area contributed by atoms with Crippen molar-refractivity contribution in [2.24, 2.45) is 0 Å². The summed E-state index contributed by atoms with van der Waals surface area (Å²) in [6, 6.07) is 4.99. The molecule has 0 unspecified atom stereocenters. The molecular weight excluding hydrogens is 234 g/mol. The maximum absolute atomic E-state index is 11.2. The number of hydrogen-bond donors (Lipinski definition) is 1. The van der Waals surface area contributed by atoms with Gasteiger partial charge in [0, 0.05) is 11.8 Å². The van der Waals surface area contributed by atoms with Gasteiger partial charge in [0.25, 0.3) is 5.91 Å². The Hall–Kier alpha value is -1.41. The number of nitriles is 1. The molecular formula is C8H6BrN3O. The first-order valence-corrected chi connectivity index (χ1v) is 4.30. The van der Waals surface area contributed by atoms with Gasteiger partial charge in [0.05, 0.1) is 6.07 Å². The zero-order valence-corrected chi connectivity index (χ0v) is 8.21. The second-order valence-electron chi connectivity index (χ2n) is 2.21. The third-order valence-electron chi connectivity index (χ3n) is 1.32. The number of rotatable bonds is 2. The van der Waals surface area contributed by atoms with Crippen molar-refractivity contribution in [3.8, 4) is 6.07 Å². The Balaban J connectivity index is 2.72. The number of halogens is 1. The van der Waals surface area contributed by atoms with Crippen LogP contribution in [0, 0.1) is 11.3 Å². The van der Waals surface area contributed by atoms with E-state index in [4.69, 9.17) is 5.26 Å². The fraction of sp³-hybridized carbons (Fsp3) is 0.125. The maximum Gasteiger partial charge on any atom is 0.252 e. The highest BCUT2D eigenvalue weighted by molar-refractivity contribution is 9.10. The van der Waals surface area contributed by atoms with Crippen LogP contribution < -0.4 is 5.32 Å². The van der Waals surface area contributed by atoms with Crippen LogP contribution in [0.25, 0.3) is 0 Å². The number of amides is 1. The fourth-order valence-electron chi connectivity index (χ4n) is 0.766. The van der Waals surface area contributed by atoms with Crippen molar-refractivity contribution in [3.05, 3.63) is 28.5 Å². The van der Waals surface area contributed by atoms with Gasteiger partial charge >= 0.3 is 0 Å². The maximum atomic E-state index is 11.2. The molecule has 1 N–H and O–H groups in total. The number of carbonyl (C=O) groups is 1. The molecule has 0 saturated heterocycles. The van der Waals surface area contributed by atoms with Gasteiger partial charge in [0.1, 0.15) is 11.1 Å². The molecule has 0 atom stereocenters. The lowest BCUT2D eigenvalue weighted by Gasteiger charge is -1.99. The summed E-state index contributed by atoms with van der Waals surface area (Å²) in [5, 5.41) is 10.7. The van der Waals surface area contributed by atoms with E-state index in [9.17, 15) is 4.79 Å². The first-order valence-electron chi connectivity index (χ1n) is 3.50. The molecule has 1 aromatic heterocycles. The number of carbonyl (C=O) groups excluding carboxylic acids is 1. The molecule has 0 aliphatic rings. The van der Waals surface area contributed by atoms with Crippen LogP contribution in [0.1, 0.15) is 10.4 Å². The van der Waals surface area contributed by atoms with Crippen LogP contribution in [0.4, 0.5) is 0 Å². The van der Waals surface area contributed by atoms with Crippen molar-refractivity contribution in [1.29, 1.82) is 5.26 Å². The zero-order valence-electron chi connectivity index (χ0n) is 6.62. The zero-order chi connectivity index (χ0) is 9.68. The lowest BCUT2D eigenvalue weighted by molar-refractivity contribution is 0.0958. The highest BCUT2D eigenvalue weighted by Crippen LogP contribution is 2.07. The van der Waals surface area contributed by atoms with Gasteiger partial charge in [-0.1, -0.05) is 0 Å². The minimum atomic E-state index is -0.273. The summed E-state index contributed by atoms with van der Waals surface area (Å²) < 4.78 is 0.595. The summed E-state index contributed by atoms with van der Waals surface area (Å²) in [4.78, 5) is 15.1. The summed E-state index contributed by atoms with van der Waals surface area (Å²) in [6.07, 6.45) is 1.52. The van der Waals surface area contributed by atoms with Crippen molar-refractivity contribution < 1.29 is 4.79 Å². The van der Waals surface area contributed by atoms with Crippen molar-refractivity contribution in [3.63, 3.8) is 0 Å². The van der Waals surface area contributed by atoms with Gasteiger partial charge in [0.2, 0.25) is 0 Å². The van der Waals surface area contributed by atoms with E-state index in [1.54, 1.807) is 12.1 Å². The third-order valence-corrected chi connectivity index (χ3v) is 1.75. The molecule has 1 rings (SSSR count). The molecule has 13 heavy (non-hydrogen) atoms. The van der Waals surface area contributed by atoms with E-state index in [0.29, 0.717) is 10.2 Å². The van der Waals surface area contributed by atoms with Crippen LogP contribution in [0.3, 0.4) is 0 Å². The number of aromatic nitrogens is 1. The molecule has 0 aliphatic carbocycles. The van der Waals surface area contributed by atoms with Crippen molar-refractivity contribution in [2.45, 2.75) is 0 Å². The van der Waals surface area contributed by atoms with Gasteiger partial charge in [-0.3, -0.25) is 4.79 Å². The fourth-order valence-corrected chi connectivity index (χ4v) is 1.13. The minimum Gasteiger partial charge on any atom is -0.339 e. The standard InChI is InChI=1S/C8H6BrN3O/c9-7-5-6(1-3-11-7)8(13)12-4-2-10/h1,3,5H,4H2,(H,12,13). The van der Waals surface area contributed by atoms with Crippen LogP contribution in [0.5, 0.6) is 0 Å². The minimum absolute atomic E-state index is 0.0127. The topological polar surface area (TPSA) is 65.8 Å². The Morgan fingerprint density at radius 3 is 3.15 bits per heavy atom. The first kappa shape index (κ1) is 9.68. The Bertz CT molecular complexity index is 359. The lowest BCUT2D eigenvalue weighted by atomic mass is 10.2. The molecule has 0 spiro atoms. The van der Waals surface area contributed by atoms with Gasteiger partial charge in [0.15, 0.2) is 0 Å². The second-order valence-corrected chi connectivity index (χ2v) is 3.02. The average Bonchev–Trinajstić information content (AvgIpc) is 2.14. The summed E-state index contributed by atoms with van der Waals surface area (Å²) in [5.41, 5.74) is 0.483. The van der Waals surface area contributed by atoms with Crippen LogP contribution in [-0.4, -0.2) is 17.4 Å². The molecule has 0 fully saturated rings. The largest absolute Gasteiger partial charge is 0.339 e. The SMILES string of the molecule is N#CCNC(=O)c1ccnc(Br)c1. The van der Waals surface area contributed by atoms with Crippen LogP contribution >= 0.6 is 15.9 Å². The van der Waals surface area contributed by atoms with Gasteiger partial charge < -0.3 is 5.32 Å². The van der Waals surface area contributed by atoms with E-state index in [-0.39, 0.29) is 12.5 Å². The highest BCUT2D eigenvalue weighted by atomic mass is 79.9. The Morgan fingerprint density at radius 1 is 1.77 bits per heavy atom. The summed E-state index contributed by atoms with van der Waals surface area (Å²) in [5.74, 6) is -0.273. The van der Waals surface area contributed by atoms with Crippen LogP contribution in [-0.2, 0) is 0 Å². The number of hydrogen-bond acceptors (Lipinski definition) is 3. The molecule has 0 bridgehead atoms. The summed E-state index contributed by atoms with van der Waals surface area (Å²) in [7, 11) is 0. The smallest absolute Gasteiger partial charge is 0.252 e. The molecule has 66 valence electrons. The normalized spacial score (nSPS) is 8.92. The van der Waals surface area contributed by atoms with E-state index in [1.807, 2.05) is 6.07 Å². The summed E-state index contributed by atoms with van der Waals surface area (Å²) in [6.45, 7) is 0.0127. The van der Waals surface area contributed by atoms with Gasteiger partial charge in [-0.2, -0.15) is 5.26 Å². The second kappa shape index (κ2) is 4.58. The van der Waals surface area contributed by atoms with E-state index >= 15 is 0 Å². The molecule has 0 saturated carbocycles. The Morgan fingerprint density at radius 2 is 2.54 bits per heavy atom. The number of nitrogens with zero attached hydrogens (tertiary/aromatic N) is 2. The molecule has 4 nitrogen and oxygen atoms in total. The monoisotopic (exact) mass is 239 g/mol. The Labute approximate surface area is 83.7 Å².